The molecule has 1 N–H and O–H groups in total. The zero-order valence-corrected chi connectivity index (χ0v) is 24.6. The van der Waals surface area contributed by atoms with Crippen molar-refractivity contribution in [2.75, 3.05) is 18.0 Å². The molecule has 0 aliphatic carbocycles. The van der Waals surface area contributed by atoms with Gasteiger partial charge < -0.3 is 14.8 Å². The summed E-state index contributed by atoms with van der Waals surface area (Å²) >= 11 is 12.9. The van der Waals surface area contributed by atoms with Crippen LogP contribution in [0.3, 0.4) is 0 Å². The first-order valence-electron chi connectivity index (χ1n) is 13.5. The molecule has 0 saturated carbocycles. The molecular weight excluding hydrogens is 636 g/mol. The van der Waals surface area contributed by atoms with E-state index in [-0.39, 0.29) is 31.0 Å². The summed E-state index contributed by atoms with van der Waals surface area (Å²) in [5.41, 5.74) is 0.291. The summed E-state index contributed by atoms with van der Waals surface area (Å²) in [6.07, 6.45) is -8.55. The Hall–Kier alpha value is -3.51. The molecule has 0 bridgehead atoms. The molecule has 44 heavy (non-hydrogen) atoms. The summed E-state index contributed by atoms with van der Waals surface area (Å²) in [4.78, 5) is 18.9. The summed E-state index contributed by atoms with van der Waals surface area (Å²) in [6, 6.07) is 10.4. The Morgan fingerprint density at radius 1 is 1.05 bits per heavy atom. The number of alkyl halides is 6. The van der Waals surface area contributed by atoms with Gasteiger partial charge in [-0.15, -0.1) is 0 Å². The number of halogens is 9. The molecule has 3 aromatic carbocycles. The average Bonchev–Trinajstić information content (AvgIpc) is 3.25. The Bertz CT molecular complexity index is 1720. The van der Waals surface area contributed by atoms with Crippen molar-refractivity contribution in [1.82, 2.24) is 14.9 Å². The van der Waals surface area contributed by atoms with Gasteiger partial charge in [0.15, 0.2) is 0 Å². The first kappa shape index (κ1) is 31.9. The third kappa shape index (κ3) is 6.61. The Labute approximate surface area is 257 Å². The van der Waals surface area contributed by atoms with Crippen LogP contribution < -0.4 is 10.2 Å². The molecule has 5 nitrogen and oxygen atoms in total. The number of amides is 1. The predicted molar refractivity (Wildman–Crippen MR) is 154 cm³/mol. The third-order valence-electron chi connectivity index (χ3n) is 7.72. The lowest BCUT2D eigenvalue weighted by atomic mass is 9.97. The minimum Gasteiger partial charge on any atom is -0.370 e. The van der Waals surface area contributed by atoms with Gasteiger partial charge in [-0.2, -0.15) is 26.3 Å². The third-order valence-corrected chi connectivity index (χ3v) is 8.40. The van der Waals surface area contributed by atoms with Crippen LogP contribution in [0, 0.1) is 11.7 Å². The van der Waals surface area contributed by atoms with Crippen molar-refractivity contribution in [3.63, 3.8) is 0 Å². The Kier molecular flexibility index (Phi) is 8.78. The van der Waals surface area contributed by atoms with E-state index in [4.69, 9.17) is 23.2 Å². The van der Waals surface area contributed by atoms with Crippen molar-refractivity contribution in [1.29, 1.82) is 0 Å². The summed E-state index contributed by atoms with van der Waals surface area (Å²) in [5.74, 6) is -3.39. The lowest BCUT2D eigenvalue weighted by molar-refractivity contribution is -0.176. The van der Waals surface area contributed by atoms with E-state index in [0.717, 1.165) is 12.1 Å². The number of rotatable bonds is 6. The fourth-order valence-electron chi connectivity index (χ4n) is 5.42. The van der Waals surface area contributed by atoms with E-state index in [9.17, 15) is 35.5 Å². The smallest absolute Gasteiger partial charge is 0.370 e. The minimum atomic E-state index is -4.92. The van der Waals surface area contributed by atoms with Crippen LogP contribution in [0.2, 0.25) is 10.0 Å². The van der Waals surface area contributed by atoms with Crippen LogP contribution in [-0.2, 0) is 26.2 Å². The van der Waals surface area contributed by atoms with Crippen molar-refractivity contribution in [2.45, 2.75) is 38.2 Å². The second kappa shape index (κ2) is 12.1. The van der Waals surface area contributed by atoms with E-state index in [1.54, 1.807) is 46.8 Å². The van der Waals surface area contributed by atoms with Gasteiger partial charge in [-0.3, -0.25) is 4.79 Å². The highest BCUT2D eigenvalue weighted by atomic mass is 35.5. The Morgan fingerprint density at radius 3 is 2.50 bits per heavy atom. The SMILES string of the molecule is Cn1c(Cc2cc(CNC(=O)c3c(F)cccc3C(F)(F)F)ccc2Cl)nc2cc(Cl)c(N3CCCC(C(F)(F)F)C3)cc21. The Balaban J connectivity index is 1.36. The van der Waals surface area contributed by atoms with E-state index < -0.39 is 41.1 Å². The van der Waals surface area contributed by atoms with Crippen LogP contribution in [0.15, 0.2) is 48.5 Å². The van der Waals surface area contributed by atoms with Gasteiger partial charge in [0.1, 0.15) is 11.6 Å². The molecule has 1 amide bonds. The summed E-state index contributed by atoms with van der Waals surface area (Å²) in [5, 5.41) is 2.98. The number of nitrogens with zero attached hydrogens (tertiary/aromatic N) is 3. The van der Waals surface area contributed by atoms with Crippen molar-refractivity contribution < 1.29 is 35.5 Å². The number of imidazole rings is 1. The molecular formula is C30H25Cl2F7N4O. The average molecular weight is 661 g/mol. The fraction of sp³-hybridized carbons (Fsp3) is 0.333. The molecule has 1 aromatic heterocycles. The maximum atomic E-state index is 14.2. The number of carbonyl (C=O) groups excluding carboxylic acids is 1. The molecule has 4 aromatic rings. The van der Waals surface area contributed by atoms with Gasteiger partial charge in [0, 0.05) is 38.1 Å². The van der Waals surface area contributed by atoms with Crippen LogP contribution >= 0.6 is 23.2 Å². The van der Waals surface area contributed by atoms with Gasteiger partial charge in [-0.25, -0.2) is 9.37 Å². The predicted octanol–water partition coefficient (Wildman–Crippen LogP) is 8.34. The largest absolute Gasteiger partial charge is 0.417 e. The van der Waals surface area contributed by atoms with Crippen molar-refractivity contribution >= 4 is 45.8 Å². The van der Waals surface area contributed by atoms with Gasteiger partial charge in [0.05, 0.1) is 38.8 Å². The van der Waals surface area contributed by atoms with E-state index in [0.29, 0.717) is 57.7 Å². The number of anilines is 1. The van der Waals surface area contributed by atoms with Gasteiger partial charge >= 0.3 is 12.4 Å². The molecule has 0 radical (unpaired) electrons. The highest BCUT2D eigenvalue weighted by Crippen LogP contribution is 2.39. The zero-order valence-electron chi connectivity index (χ0n) is 23.1. The first-order chi connectivity index (χ1) is 20.6. The molecule has 1 aliphatic heterocycles. The van der Waals surface area contributed by atoms with E-state index >= 15 is 0 Å². The number of aryl methyl sites for hydroxylation is 1. The van der Waals surface area contributed by atoms with Crippen molar-refractivity contribution in [3.8, 4) is 0 Å². The molecule has 2 heterocycles. The van der Waals surface area contributed by atoms with Crippen LogP contribution in [0.4, 0.5) is 36.4 Å². The molecule has 1 aliphatic rings. The topological polar surface area (TPSA) is 50.2 Å². The van der Waals surface area contributed by atoms with E-state index in [1.165, 1.54) is 0 Å². The van der Waals surface area contributed by atoms with Gasteiger partial charge in [-0.05, 0) is 54.3 Å². The van der Waals surface area contributed by atoms with Crippen LogP contribution in [0.5, 0.6) is 0 Å². The normalized spacial score (nSPS) is 16.0. The van der Waals surface area contributed by atoms with Crippen LogP contribution in [0.25, 0.3) is 11.0 Å². The van der Waals surface area contributed by atoms with Crippen molar-refractivity contribution in [2.24, 2.45) is 13.0 Å². The highest BCUT2D eigenvalue weighted by Gasteiger charge is 2.42. The van der Waals surface area contributed by atoms with Crippen molar-refractivity contribution in [3.05, 3.63) is 92.5 Å². The van der Waals surface area contributed by atoms with Crippen LogP contribution in [0.1, 0.15) is 45.7 Å². The fourth-order valence-corrected chi connectivity index (χ4v) is 5.88. The lowest BCUT2D eigenvalue weighted by Gasteiger charge is -2.35. The summed E-state index contributed by atoms with van der Waals surface area (Å²) < 4.78 is 96.2. The van der Waals surface area contributed by atoms with E-state index in [2.05, 4.69) is 10.3 Å². The number of hydrogen-bond donors (Lipinski definition) is 1. The lowest BCUT2D eigenvalue weighted by Crippen LogP contribution is -2.41. The number of hydrogen-bond acceptors (Lipinski definition) is 3. The summed E-state index contributed by atoms with van der Waals surface area (Å²) in [6.45, 7) is 0.0492. The maximum absolute atomic E-state index is 14.2. The maximum Gasteiger partial charge on any atom is 0.417 e. The molecule has 1 saturated heterocycles. The minimum absolute atomic E-state index is 0.0664. The monoisotopic (exact) mass is 660 g/mol. The van der Waals surface area contributed by atoms with Gasteiger partial charge in [-0.1, -0.05) is 41.4 Å². The van der Waals surface area contributed by atoms with Crippen LogP contribution in [-0.4, -0.2) is 34.7 Å². The molecule has 234 valence electrons. The quantitative estimate of drug-likeness (QED) is 0.212. The molecule has 1 unspecified atom stereocenters. The highest BCUT2D eigenvalue weighted by molar-refractivity contribution is 6.34. The number of benzene rings is 3. The molecule has 1 fully saturated rings. The molecule has 5 rings (SSSR count). The molecule has 1 atom stereocenters. The number of carbonyl (C=O) groups is 1. The second-order valence-electron chi connectivity index (χ2n) is 10.7. The number of aromatic nitrogens is 2. The number of fused-ring (bicyclic) bond motifs is 1. The number of nitrogens with one attached hydrogen (secondary N) is 1. The van der Waals surface area contributed by atoms with Gasteiger partial charge in [0.2, 0.25) is 0 Å². The number of piperidine rings is 1. The molecule has 14 heteroatoms. The standard InChI is InChI=1S/C30H25Cl2F7N4O/c1-42-25-13-24(43-9-3-4-18(15-43)29(34,35)36)21(32)12-23(25)41-26(42)11-17-10-16(7-8-20(17)31)14-40-28(44)27-19(30(37,38)39)5-2-6-22(27)33/h2,5-8,10,12-13,18H,3-4,9,11,14-15H2,1H3,(H,40,44). The second-order valence-corrected chi connectivity index (χ2v) is 11.5. The van der Waals surface area contributed by atoms with E-state index in [1.807, 2.05) is 0 Å². The first-order valence-corrected chi connectivity index (χ1v) is 14.3. The zero-order chi connectivity index (χ0) is 32.0. The summed E-state index contributed by atoms with van der Waals surface area (Å²) in [7, 11) is 1.75. The van der Waals surface area contributed by atoms with Gasteiger partial charge in [0.25, 0.3) is 5.91 Å². The molecule has 0 spiro atoms. The Morgan fingerprint density at radius 2 is 1.80 bits per heavy atom.